The SMILES string of the molecule is CNc1cc(CN2CCN(C)CC2)cc(C2CCCC2)c1. The Morgan fingerprint density at radius 1 is 1.05 bits per heavy atom. The average molecular weight is 287 g/mol. The normalized spacial score (nSPS) is 21.8. The van der Waals surface area contributed by atoms with E-state index in [4.69, 9.17) is 0 Å². The maximum Gasteiger partial charge on any atom is 0.0343 e. The van der Waals surface area contributed by atoms with Crippen LogP contribution in [0.4, 0.5) is 5.69 Å². The van der Waals surface area contributed by atoms with E-state index in [2.05, 4.69) is 40.4 Å². The molecule has 3 heteroatoms. The zero-order chi connectivity index (χ0) is 14.7. The van der Waals surface area contributed by atoms with Crippen LogP contribution >= 0.6 is 0 Å². The van der Waals surface area contributed by atoms with Gasteiger partial charge >= 0.3 is 0 Å². The highest BCUT2D eigenvalue weighted by Gasteiger charge is 2.19. The highest BCUT2D eigenvalue weighted by Crippen LogP contribution is 2.35. The van der Waals surface area contributed by atoms with Crippen molar-refractivity contribution in [3.8, 4) is 0 Å². The van der Waals surface area contributed by atoms with E-state index in [1.54, 1.807) is 5.56 Å². The number of benzene rings is 1. The minimum atomic E-state index is 0.796. The molecule has 0 aromatic heterocycles. The van der Waals surface area contributed by atoms with Crippen molar-refractivity contribution in [3.63, 3.8) is 0 Å². The zero-order valence-corrected chi connectivity index (χ0v) is 13.6. The largest absolute Gasteiger partial charge is 0.388 e. The third-order valence-electron chi connectivity index (χ3n) is 5.13. The molecule has 1 aliphatic carbocycles. The Balaban J connectivity index is 1.72. The van der Waals surface area contributed by atoms with Gasteiger partial charge in [0, 0.05) is 45.5 Å². The number of nitrogens with zero attached hydrogens (tertiary/aromatic N) is 2. The van der Waals surface area contributed by atoms with Crippen molar-refractivity contribution in [2.75, 3.05) is 45.6 Å². The lowest BCUT2D eigenvalue weighted by molar-refractivity contribution is 0.148. The Labute approximate surface area is 129 Å². The average Bonchev–Trinajstić information content (AvgIpc) is 3.04. The summed E-state index contributed by atoms with van der Waals surface area (Å²) in [6.07, 6.45) is 5.56. The maximum atomic E-state index is 3.35. The summed E-state index contributed by atoms with van der Waals surface area (Å²) in [5.74, 6) is 0.796. The van der Waals surface area contributed by atoms with Crippen molar-refractivity contribution in [2.24, 2.45) is 0 Å². The monoisotopic (exact) mass is 287 g/mol. The third kappa shape index (κ3) is 3.78. The van der Waals surface area contributed by atoms with Gasteiger partial charge in [-0.1, -0.05) is 18.9 Å². The molecule has 21 heavy (non-hydrogen) atoms. The third-order valence-corrected chi connectivity index (χ3v) is 5.13. The summed E-state index contributed by atoms with van der Waals surface area (Å²) in [4.78, 5) is 5.01. The van der Waals surface area contributed by atoms with E-state index >= 15 is 0 Å². The van der Waals surface area contributed by atoms with Gasteiger partial charge in [0.25, 0.3) is 0 Å². The molecule has 0 amide bonds. The number of anilines is 1. The molecule has 1 saturated carbocycles. The summed E-state index contributed by atoms with van der Waals surface area (Å²) < 4.78 is 0. The molecular weight excluding hydrogens is 258 g/mol. The fourth-order valence-corrected chi connectivity index (χ4v) is 3.71. The van der Waals surface area contributed by atoms with E-state index in [1.165, 1.54) is 63.1 Å². The van der Waals surface area contributed by atoms with Gasteiger partial charge in [0.1, 0.15) is 0 Å². The molecular formula is C18H29N3. The maximum absolute atomic E-state index is 3.35. The fraction of sp³-hybridized carbons (Fsp3) is 0.667. The number of likely N-dealkylation sites (N-methyl/N-ethyl adjacent to an activating group) is 1. The standard InChI is InChI=1S/C18H29N3/c1-19-18-12-15(14-21-9-7-20(2)8-10-21)11-17(13-18)16-5-3-4-6-16/h11-13,16,19H,3-10,14H2,1-2H3. The minimum absolute atomic E-state index is 0.796. The summed E-state index contributed by atoms with van der Waals surface area (Å²) >= 11 is 0. The van der Waals surface area contributed by atoms with E-state index in [1.807, 2.05) is 7.05 Å². The van der Waals surface area contributed by atoms with Gasteiger partial charge in [-0.15, -0.1) is 0 Å². The molecule has 1 aliphatic heterocycles. The van der Waals surface area contributed by atoms with Crippen LogP contribution in [0.15, 0.2) is 18.2 Å². The molecule has 0 bridgehead atoms. The summed E-state index contributed by atoms with van der Waals surface area (Å²) in [6.45, 7) is 5.88. The molecule has 1 N–H and O–H groups in total. The van der Waals surface area contributed by atoms with Crippen LogP contribution in [-0.4, -0.2) is 50.1 Å². The first-order valence-electron chi connectivity index (χ1n) is 8.47. The highest BCUT2D eigenvalue weighted by atomic mass is 15.2. The quantitative estimate of drug-likeness (QED) is 0.918. The first-order valence-corrected chi connectivity index (χ1v) is 8.47. The van der Waals surface area contributed by atoms with Gasteiger partial charge in [-0.3, -0.25) is 4.90 Å². The smallest absolute Gasteiger partial charge is 0.0343 e. The Morgan fingerprint density at radius 3 is 2.43 bits per heavy atom. The Hall–Kier alpha value is -1.06. The summed E-state index contributed by atoms with van der Waals surface area (Å²) in [6, 6.07) is 7.16. The van der Waals surface area contributed by atoms with Crippen molar-refractivity contribution in [1.82, 2.24) is 9.80 Å². The molecule has 2 fully saturated rings. The molecule has 1 aromatic rings. The number of nitrogens with one attached hydrogen (secondary N) is 1. The minimum Gasteiger partial charge on any atom is -0.388 e. The van der Waals surface area contributed by atoms with Gasteiger partial charge in [-0.2, -0.15) is 0 Å². The van der Waals surface area contributed by atoms with E-state index in [9.17, 15) is 0 Å². The first-order chi connectivity index (χ1) is 10.2. The number of hydrogen-bond acceptors (Lipinski definition) is 3. The second-order valence-electron chi connectivity index (χ2n) is 6.77. The number of piperazine rings is 1. The van der Waals surface area contributed by atoms with Crippen LogP contribution in [-0.2, 0) is 6.54 Å². The van der Waals surface area contributed by atoms with Crippen LogP contribution in [0, 0.1) is 0 Å². The zero-order valence-electron chi connectivity index (χ0n) is 13.6. The van der Waals surface area contributed by atoms with Crippen molar-refractivity contribution in [2.45, 2.75) is 38.1 Å². The van der Waals surface area contributed by atoms with Crippen LogP contribution in [0.3, 0.4) is 0 Å². The van der Waals surface area contributed by atoms with Crippen LogP contribution in [0.2, 0.25) is 0 Å². The van der Waals surface area contributed by atoms with Gasteiger partial charge in [0.05, 0.1) is 0 Å². The topological polar surface area (TPSA) is 18.5 Å². The van der Waals surface area contributed by atoms with Crippen molar-refractivity contribution >= 4 is 5.69 Å². The van der Waals surface area contributed by atoms with Gasteiger partial charge in [-0.05, 0) is 49.1 Å². The predicted octanol–water partition coefficient (Wildman–Crippen LogP) is 3.13. The predicted molar refractivity (Wildman–Crippen MR) is 90.0 cm³/mol. The summed E-state index contributed by atoms with van der Waals surface area (Å²) in [5, 5.41) is 3.35. The molecule has 3 rings (SSSR count). The number of rotatable bonds is 4. The molecule has 1 aromatic carbocycles. The Morgan fingerprint density at radius 2 is 1.76 bits per heavy atom. The fourth-order valence-electron chi connectivity index (χ4n) is 3.71. The van der Waals surface area contributed by atoms with E-state index in [0.717, 1.165) is 12.5 Å². The second-order valence-corrected chi connectivity index (χ2v) is 6.77. The van der Waals surface area contributed by atoms with Gasteiger partial charge in [0.15, 0.2) is 0 Å². The molecule has 1 saturated heterocycles. The lowest BCUT2D eigenvalue weighted by Gasteiger charge is -2.32. The van der Waals surface area contributed by atoms with Crippen molar-refractivity contribution < 1.29 is 0 Å². The van der Waals surface area contributed by atoms with E-state index < -0.39 is 0 Å². The molecule has 3 nitrogen and oxygen atoms in total. The van der Waals surface area contributed by atoms with Crippen LogP contribution in [0.5, 0.6) is 0 Å². The summed E-state index contributed by atoms with van der Waals surface area (Å²) in [5.41, 5.74) is 4.32. The van der Waals surface area contributed by atoms with E-state index in [0.29, 0.717) is 0 Å². The molecule has 2 aliphatic rings. The molecule has 0 unspecified atom stereocenters. The van der Waals surface area contributed by atoms with Gasteiger partial charge in [-0.25, -0.2) is 0 Å². The number of hydrogen-bond donors (Lipinski definition) is 1. The van der Waals surface area contributed by atoms with Crippen LogP contribution in [0.25, 0.3) is 0 Å². The van der Waals surface area contributed by atoms with Crippen molar-refractivity contribution in [1.29, 1.82) is 0 Å². The second kappa shape index (κ2) is 6.80. The van der Waals surface area contributed by atoms with E-state index in [-0.39, 0.29) is 0 Å². The lowest BCUT2D eigenvalue weighted by atomic mass is 9.95. The molecule has 1 heterocycles. The lowest BCUT2D eigenvalue weighted by Crippen LogP contribution is -2.43. The van der Waals surface area contributed by atoms with Gasteiger partial charge in [0.2, 0.25) is 0 Å². The van der Waals surface area contributed by atoms with Crippen molar-refractivity contribution in [3.05, 3.63) is 29.3 Å². The first kappa shape index (κ1) is 14.9. The molecule has 0 radical (unpaired) electrons. The van der Waals surface area contributed by atoms with Gasteiger partial charge < -0.3 is 10.2 Å². The molecule has 0 atom stereocenters. The Kier molecular flexibility index (Phi) is 4.81. The van der Waals surface area contributed by atoms with Crippen LogP contribution < -0.4 is 5.32 Å². The molecule has 0 spiro atoms. The molecule has 116 valence electrons. The summed E-state index contributed by atoms with van der Waals surface area (Å²) in [7, 11) is 4.25. The highest BCUT2D eigenvalue weighted by molar-refractivity contribution is 5.49. The van der Waals surface area contributed by atoms with Crippen LogP contribution in [0.1, 0.15) is 42.7 Å². The Bertz CT molecular complexity index is 458.